The lowest BCUT2D eigenvalue weighted by Gasteiger charge is -2.22. The minimum atomic E-state index is -5.72. The highest BCUT2D eigenvalue weighted by Crippen LogP contribution is 2.35. The molecule has 0 fully saturated rings. The highest BCUT2D eigenvalue weighted by atomic mass is 19.4. The lowest BCUT2D eigenvalue weighted by atomic mass is 10.3. The zero-order valence-corrected chi connectivity index (χ0v) is 30.1. The molecule has 0 aliphatic carbocycles. The Hall–Kier alpha value is -4.84. The molecule has 0 rings (SSSR count). The van der Waals surface area contributed by atoms with Gasteiger partial charge < -0.3 is 47.4 Å². The molecule has 0 heterocycles. The maximum atomic E-state index is 11.8. The third kappa shape index (κ3) is 53.3. The average Bonchev–Trinajstić information content (AvgIpc) is 3.07. The van der Waals surface area contributed by atoms with Gasteiger partial charge in [0.25, 0.3) is 12.5 Å². The Bertz CT molecular complexity index is 1100. The molecule has 0 radical (unpaired) electrons. The van der Waals surface area contributed by atoms with E-state index >= 15 is 0 Å². The SMILES string of the molecule is CCCOC(=O)OC(C(F)(F)F)C(F)(F)F.CCCOC(=O)OCC(F)(F)F.CCOC(=O)OCC(F)(F)F.COC(=O)OCC(F)(F)F.COC(=O)OCC(F)F. The number of halogens is 17. The Labute approximate surface area is 315 Å². The summed E-state index contributed by atoms with van der Waals surface area (Å²) in [5, 5.41) is 0. The van der Waals surface area contributed by atoms with Crippen LogP contribution < -0.4 is 0 Å². The number of ether oxygens (including phenoxy) is 10. The van der Waals surface area contributed by atoms with Crippen molar-refractivity contribution in [3.8, 4) is 0 Å². The Morgan fingerprint density at radius 1 is 0.448 bits per heavy atom. The van der Waals surface area contributed by atoms with Crippen molar-refractivity contribution >= 4 is 30.8 Å². The van der Waals surface area contributed by atoms with Crippen molar-refractivity contribution in [2.45, 2.75) is 77.0 Å². The summed E-state index contributed by atoms with van der Waals surface area (Å²) in [6, 6.07) is 0. The highest BCUT2D eigenvalue weighted by Gasteiger charge is 2.60. The largest absolute Gasteiger partial charge is 0.509 e. The van der Waals surface area contributed by atoms with E-state index in [0.29, 0.717) is 6.42 Å². The molecular formula is C26H35F17O15. The van der Waals surface area contributed by atoms with Crippen LogP contribution in [0.2, 0.25) is 0 Å². The van der Waals surface area contributed by atoms with Crippen LogP contribution in [0.5, 0.6) is 0 Å². The summed E-state index contributed by atoms with van der Waals surface area (Å²) in [5.41, 5.74) is 0. The maximum absolute atomic E-state index is 11.8. The van der Waals surface area contributed by atoms with Gasteiger partial charge in [-0.25, -0.2) is 32.8 Å². The van der Waals surface area contributed by atoms with E-state index < -0.39 is 101 Å². The van der Waals surface area contributed by atoms with Crippen LogP contribution in [0, 0.1) is 0 Å². The van der Waals surface area contributed by atoms with E-state index in [0.717, 1.165) is 14.2 Å². The van der Waals surface area contributed by atoms with Crippen LogP contribution in [0.25, 0.3) is 0 Å². The average molecular weight is 911 g/mol. The normalized spacial score (nSPS) is 11.2. The molecule has 0 spiro atoms. The van der Waals surface area contributed by atoms with Gasteiger partial charge in [-0.2, -0.15) is 65.9 Å². The van der Waals surface area contributed by atoms with Crippen LogP contribution in [0.15, 0.2) is 0 Å². The van der Waals surface area contributed by atoms with Crippen LogP contribution in [-0.2, 0) is 47.4 Å². The van der Waals surface area contributed by atoms with Crippen molar-refractivity contribution in [3.63, 3.8) is 0 Å². The summed E-state index contributed by atoms with van der Waals surface area (Å²) in [4.78, 5) is 50.8. The summed E-state index contributed by atoms with van der Waals surface area (Å²) in [7, 11) is 1.98. The van der Waals surface area contributed by atoms with Gasteiger partial charge in [0.2, 0.25) is 0 Å². The first-order valence-corrected chi connectivity index (χ1v) is 14.6. The number of alkyl halides is 17. The molecule has 32 heteroatoms. The summed E-state index contributed by atoms with van der Waals surface area (Å²) in [5.74, 6) is 0. The zero-order valence-electron chi connectivity index (χ0n) is 30.1. The van der Waals surface area contributed by atoms with Crippen molar-refractivity contribution in [1.29, 1.82) is 0 Å². The second-order valence-corrected chi connectivity index (χ2v) is 8.78. The topological polar surface area (TPSA) is 178 Å². The van der Waals surface area contributed by atoms with Crippen molar-refractivity contribution in [1.82, 2.24) is 0 Å². The van der Waals surface area contributed by atoms with Crippen molar-refractivity contribution in [2.75, 3.05) is 60.5 Å². The minimum absolute atomic E-state index is 0.00328. The summed E-state index contributed by atoms with van der Waals surface area (Å²) in [6.45, 7) is -1.29. The highest BCUT2D eigenvalue weighted by molar-refractivity contribution is 5.61. The van der Waals surface area contributed by atoms with Gasteiger partial charge in [-0.3, -0.25) is 0 Å². The molecule has 58 heavy (non-hydrogen) atoms. The Balaban J connectivity index is -0.000000205. The molecule has 0 saturated carbocycles. The first-order valence-electron chi connectivity index (χ1n) is 14.6. The maximum Gasteiger partial charge on any atom is 0.509 e. The third-order valence-corrected chi connectivity index (χ3v) is 3.64. The molecule has 0 aliphatic rings. The van der Waals surface area contributed by atoms with Crippen molar-refractivity contribution < 1.29 is 146 Å². The zero-order chi connectivity index (χ0) is 47.0. The van der Waals surface area contributed by atoms with Gasteiger partial charge in [0.05, 0.1) is 34.0 Å². The third-order valence-electron chi connectivity index (χ3n) is 3.64. The summed E-state index contributed by atoms with van der Waals surface area (Å²) < 4.78 is 233. The van der Waals surface area contributed by atoms with Crippen LogP contribution >= 0.6 is 0 Å². The second kappa shape index (κ2) is 32.2. The fourth-order valence-corrected chi connectivity index (χ4v) is 1.69. The summed E-state index contributed by atoms with van der Waals surface area (Å²) >= 11 is 0. The van der Waals surface area contributed by atoms with Gasteiger partial charge in [0, 0.05) is 0 Å². The van der Waals surface area contributed by atoms with Gasteiger partial charge in [0.1, 0.15) is 0 Å². The quantitative estimate of drug-likeness (QED) is 0.109. The second-order valence-electron chi connectivity index (χ2n) is 8.78. The van der Waals surface area contributed by atoms with Gasteiger partial charge in [-0.1, -0.05) is 13.8 Å². The molecule has 0 aliphatic heterocycles. The van der Waals surface area contributed by atoms with Crippen LogP contribution in [0.3, 0.4) is 0 Å². The molecule has 15 nitrogen and oxygen atoms in total. The molecule has 0 amide bonds. The number of methoxy groups -OCH3 is 2. The monoisotopic (exact) mass is 910 g/mol. The lowest BCUT2D eigenvalue weighted by Crippen LogP contribution is -2.45. The van der Waals surface area contributed by atoms with Gasteiger partial charge in [-0.05, 0) is 19.8 Å². The molecule has 0 unspecified atom stereocenters. The molecule has 0 N–H and O–H groups in total. The lowest BCUT2D eigenvalue weighted by molar-refractivity contribution is -0.310. The summed E-state index contributed by atoms with van der Waals surface area (Å²) in [6.07, 6.45) is -37.9. The molecule has 0 saturated heterocycles. The number of hydrogen-bond donors (Lipinski definition) is 0. The Morgan fingerprint density at radius 2 is 0.759 bits per heavy atom. The number of carbonyl (C=O) groups excluding carboxylic acids is 5. The molecule has 0 aromatic rings. The fraction of sp³-hybridized carbons (Fsp3) is 0.808. The van der Waals surface area contributed by atoms with Crippen molar-refractivity contribution in [2.24, 2.45) is 0 Å². The standard InChI is InChI=1S/C7H8F6O3.C6H9F3O3.C5H7F3O3.C4H5F3O3.C4H6F2O3/c1-2-3-15-5(14)16-4(6(8,9)10)7(11,12)13;1-2-3-11-5(10)12-4-6(7,8)9;1-2-10-4(9)11-3-5(6,7)8;1-9-3(8)10-2-4(5,6)7;1-8-4(7)9-2-3(5)6/h4H,2-3H2,1H3;2-4H2,1H3;2-3H2,1H3;2H2,1H3;3H,2H2,1H3. The molecule has 0 aromatic heterocycles. The minimum Gasteiger partial charge on any atom is -0.438 e. The van der Waals surface area contributed by atoms with Crippen LogP contribution in [-0.4, -0.2) is 135 Å². The fourth-order valence-electron chi connectivity index (χ4n) is 1.69. The van der Waals surface area contributed by atoms with Gasteiger partial charge >= 0.3 is 61.7 Å². The number of hydrogen-bond acceptors (Lipinski definition) is 15. The molecule has 0 bridgehead atoms. The smallest absolute Gasteiger partial charge is 0.438 e. The molecular weight excluding hydrogens is 875 g/mol. The van der Waals surface area contributed by atoms with Crippen LogP contribution in [0.1, 0.15) is 33.6 Å². The van der Waals surface area contributed by atoms with E-state index in [9.17, 15) is 98.6 Å². The number of carbonyl (C=O) groups is 5. The van der Waals surface area contributed by atoms with E-state index in [4.69, 9.17) is 0 Å². The number of rotatable bonds is 11. The molecule has 348 valence electrons. The van der Waals surface area contributed by atoms with E-state index in [-0.39, 0.29) is 26.2 Å². The van der Waals surface area contributed by atoms with E-state index in [2.05, 4.69) is 47.4 Å². The predicted octanol–water partition coefficient (Wildman–Crippen LogP) is 9.24. The molecule has 0 atom stereocenters. The first kappa shape index (κ1) is 62.4. The van der Waals surface area contributed by atoms with Gasteiger partial charge in [0.15, 0.2) is 26.4 Å². The van der Waals surface area contributed by atoms with Crippen molar-refractivity contribution in [3.05, 3.63) is 0 Å². The Morgan fingerprint density at radius 3 is 1.03 bits per heavy atom. The first-order chi connectivity index (χ1) is 26.1. The van der Waals surface area contributed by atoms with E-state index in [1.165, 1.54) is 13.8 Å². The van der Waals surface area contributed by atoms with Crippen LogP contribution in [0.4, 0.5) is 98.6 Å². The van der Waals surface area contributed by atoms with E-state index in [1.807, 2.05) is 0 Å². The van der Waals surface area contributed by atoms with Gasteiger partial charge in [-0.15, -0.1) is 0 Å². The Kier molecular flexibility index (Phi) is 34.6. The molecule has 0 aromatic carbocycles. The van der Waals surface area contributed by atoms with E-state index in [1.54, 1.807) is 6.92 Å². The predicted molar refractivity (Wildman–Crippen MR) is 150 cm³/mol.